The van der Waals surface area contributed by atoms with Crippen molar-refractivity contribution in [3.05, 3.63) is 217 Å². The third-order valence-corrected chi connectivity index (χ3v) is 12.1. The summed E-state index contributed by atoms with van der Waals surface area (Å²) in [5.41, 5.74) is 19.6. The number of para-hydroxylation sites is 1. The Kier molecular flexibility index (Phi) is 10.8. The molecule has 0 amide bonds. The predicted molar refractivity (Wildman–Crippen MR) is 267 cm³/mol. The predicted octanol–water partition coefficient (Wildman–Crippen LogP) is 15.6. The molecule has 64 heavy (non-hydrogen) atoms. The fraction of sp³-hybridized carbons (Fsp3) is 0.100. The van der Waals surface area contributed by atoms with Gasteiger partial charge < -0.3 is 5.11 Å². The molecule has 2 aromatic heterocycles. The minimum atomic E-state index is 0.232. The van der Waals surface area contributed by atoms with Gasteiger partial charge in [0.1, 0.15) is 11.6 Å². The lowest BCUT2D eigenvalue weighted by Crippen LogP contribution is -2.03. The van der Waals surface area contributed by atoms with E-state index < -0.39 is 0 Å². The Morgan fingerprint density at radius 3 is 1.78 bits per heavy atom. The van der Waals surface area contributed by atoms with E-state index in [1.165, 1.54) is 16.7 Å². The van der Waals surface area contributed by atoms with Crippen molar-refractivity contribution in [2.75, 3.05) is 0 Å². The normalized spacial score (nSPS) is 11.4. The molecular weight excluding hydrogens is 779 g/mol. The largest absolute Gasteiger partial charge is 0.507 e. The van der Waals surface area contributed by atoms with Gasteiger partial charge in [0.25, 0.3) is 0 Å². The van der Waals surface area contributed by atoms with Gasteiger partial charge in [-0.25, -0.2) is 4.98 Å². The smallest absolute Gasteiger partial charge is 0.149 e. The van der Waals surface area contributed by atoms with E-state index in [1.807, 2.05) is 25.3 Å². The molecule has 0 unspecified atom stereocenters. The lowest BCUT2D eigenvalue weighted by Gasteiger charge is -2.18. The fourth-order valence-electron chi connectivity index (χ4n) is 9.09. The Morgan fingerprint density at radius 1 is 0.484 bits per heavy atom. The van der Waals surface area contributed by atoms with Gasteiger partial charge in [-0.1, -0.05) is 153 Å². The van der Waals surface area contributed by atoms with Gasteiger partial charge in [0.15, 0.2) is 0 Å². The van der Waals surface area contributed by atoms with Crippen LogP contribution in [0.15, 0.2) is 200 Å². The van der Waals surface area contributed by atoms with Crippen LogP contribution >= 0.6 is 0 Å². The summed E-state index contributed by atoms with van der Waals surface area (Å²) in [5.74, 6) is 1.43. The van der Waals surface area contributed by atoms with Crippen molar-refractivity contribution < 1.29 is 5.11 Å². The van der Waals surface area contributed by atoms with Gasteiger partial charge in [-0.3, -0.25) is 9.55 Å². The first-order valence-corrected chi connectivity index (χ1v) is 22.1. The van der Waals surface area contributed by atoms with Crippen LogP contribution < -0.4 is 0 Å². The minimum absolute atomic E-state index is 0.232. The highest BCUT2D eigenvalue weighted by Crippen LogP contribution is 2.43. The molecule has 310 valence electrons. The number of hydrogen-bond acceptors (Lipinski definition) is 3. The van der Waals surface area contributed by atoms with Gasteiger partial charge in [0, 0.05) is 22.9 Å². The van der Waals surface area contributed by atoms with E-state index in [9.17, 15) is 5.11 Å². The zero-order valence-electron chi connectivity index (χ0n) is 36.6. The number of fused-ring (bicyclic) bond motifs is 1. The lowest BCUT2D eigenvalue weighted by atomic mass is 9.93. The van der Waals surface area contributed by atoms with E-state index in [1.54, 1.807) is 0 Å². The summed E-state index contributed by atoms with van der Waals surface area (Å²) < 4.78 is 2.25. The van der Waals surface area contributed by atoms with Crippen molar-refractivity contribution in [1.82, 2.24) is 14.5 Å². The molecule has 0 atom stereocenters. The molecule has 2 heterocycles. The maximum absolute atomic E-state index is 11.8. The number of phenols is 1. The molecule has 10 rings (SSSR count). The van der Waals surface area contributed by atoms with Crippen LogP contribution in [0.3, 0.4) is 0 Å². The monoisotopic (exact) mass is 827 g/mol. The topological polar surface area (TPSA) is 50.9 Å². The molecule has 0 spiro atoms. The van der Waals surface area contributed by atoms with Crippen LogP contribution in [0.25, 0.3) is 95.0 Å². The van der Waals surface area contributed by atoms with Gasteiger partial charge in [0.2, 0.25) is 0 Å². The van der Waals surface area contributed by atoms with Gasteiger partial charge in [-0.05, 0) is 142 Å². The fourth-order valence-corrected chi connectivity index (χ4v) is 9.09. The SMILES string of the molecule is Cc1cc(C)c(O)c(-c2nc3c(-c4cc(-c5ccccc5)cc(-c5cc(-c6ccc(-c7ccccc7)cc6)ccn5)c4)cccc3n2-c2ccc(CC(C)C)cc2-c2ccccc2)c1. The van der Waals surface area contributed by atoms with Gasteiger partial charge >= 0.3 is 0 Å². The summed E-state index contributed by atoms with van der Waals surface area (Å²) in [6.07, 6.45) is 2.88. The molecule has 0 fully saturated rings. The van der Waals surface area contributed by atoms with Crippen LogP contribution in [0.1, 0.15) is 30.5 Å². The molecule has 1 N–H and O–H groups in total. The maximum atomic E-state index is 11.8. The average molecular weight is 828 g/mol. The number of aromatic nitrogens is 3. The minimum Gasteiger partial charge on any atom is -0.507 e. The zero-order chi connectivity index (χ0) is 43.7. The van der Waals surface area contributed by atoms with E-state index in [0.29, 0.717) is 17.3 Å². The number of aromatic hydroxyl groups is 1. The molecule has 0 aliphatic heterocycles. The van der Waals surface area contributed by atoms with Crippen molar-refractivity contribution in [3.8, 4) is 89.7 Å². The Bertz CT molecular complexity index is 3280. The molecule has 0 radical (unpaired) electrons. The van der Waals surface area contributed by atoms with E-state index in [-0.39, 0.29) is 5.75 Å². The lowest BCUT2D eigenvalue weighted by molar-refractivity contribution is 0.472. The number of hydrogen-bond donors (Lipinski definition) is 1. The number of nitrogens with zero attached hydrogens (tertiary/aromatic N) is 3. The van der Waals surface area contributed by atoms with Crippen molar-refractivity contribution >= 4 is 11.0 Å². The van der Waals surface area contributed by atoms with Gasteiger partial charge in [-0.15, -0.1) is 0 Å². The number of imidazole rings is 1. The molecule has 0 saturated heterocycles. The summed E-state index contributed by atoms with van der Waals surface area (Å²) >= 11 is 0. The Balaban J connectivity index is 1.18. The van der Waals surface area contributed by atoms with E-state index in [0.717, 1.165) is 90.0 Å². The third-order valence-electron chi connectivity index (χ3n) is 12.1. The average Bonchev–Trinajstić information content (AvgIpc) is 3.73. The second kappa shape index (κ2) is 17.2. The van der Waals surface area contributed by atoms with Crippen molar-refractivity contribution in [2.45, 2.75) is 34.1 Å². The second-order valence-electron chi connectivity index (χ2n) is 17.3. The number of aryl methyl sites for hydroxylation is 2. The van der Waals surface area contributed by atoms with Crippen LogP contribution in [-0.4, -0.2) is 19.6 Å². The zero-order valence-corrected chi connectivity index (χ0v) is 36.6. The molecule has 0 bridgehead atoms. The Morgan fingerprint density at radius 2 is 1.09 bits per heavy atom. The first-order chi connectivity index (χ1) is 31.3. The quantitative estimate of drug-likeness (QED) is 0.149. The second-order valence-corrected chi connectivity index (χ2v) is 17.3. The molecule has 10 aromatic rings. The summed E-state index contributed by atoms with van der Waals surface area (Å²) in [4.78, 5) is 10.5. The van der Waals surface area contributed by atoms with Crippen LogP contribution in [0.5, 0.6) is 5.75 Å². The standard InChI is InChI=1S/C60H49N3O/c1-39(2)31-42-23-28-56(53(34-42)47-19-12-7-13-20-47)63-57-22-14-21-52(58(57)62-60(63)54-33-40(3)32-41(4)59(54)64)50-35-49(44-17-10-6-11-18-44)36-51(37-50)55-38-48(29-30-61-55)46-26-24-45(25-27-46)43-15-8-5-9-16-43/h5-30,32-39,64H,31H2,1-4H3. The molecule has 4 nitrogen and oxygen atoms in total. The number of pyridine rings is 1. The molecule has 8 aromatic carbocycles. The van der Waals surface area contributed by atoms with Crippen LogP contribution in [0.4, 0.5) is 0 Å². The maximum Gasteiger partial charge on any atom is 0.149 e. The Labute approximate surface area is 375 Å². The first kappa shape index (κ1) is 40.3. The molecule has 0 saturated carbocycles. The number of phenolic OH excluding ortho intramolecular Hbond substituents is 1. The summed E-state index contributed by atoms with van der Waals surface area (Å²) in [7, 11) is 0. The van der Waals surface area contributed by atoms with Crippen LogP contribution in [0.2, 0.25) is 0 Å². The van der Waals surface area contributed by atoms with Crippen molar-refractivity contribution in [3.63, 3.8) is 0 Å². The Hall–Kier alpha value is -7.82. The highest BCUT2D eigenvalue weighted by molar-refractivity contribution is 5.98. The van der Waals surface area contributed by atoms with Crippen molar-refractivity contribution in [2.24, 2.45) is 5.92 Å². The first-order valence-electron chi connectivity index (χ1n) is 22.1. The van der Waals surface area contributed by atoms with Gasteiger partial charge in [0.05, 0.1) is 28.0 Å². The van der Waals surface area contributed by atoms with E-state index in [2.05, 4.69) is 207 Å². The molecule has 4 heteroatoms. The summed E-state index contributed by atoms with van der Waals surface area (Å²) in [5, 5.41) is 11.8. The number of rotatable bonds is 10. The highest BCUT2D eigenvalue weighted by Gasteiger charge is 2.24. The van der Waals surface area contributed by atoms with Gasteiger partial charge in [-0.2, -0.15) is 0 Å². The summed E-state index contributed by atoms with van der Waals surface area (Å²) in [6, 6.07) is 68.7. The number of benzene rings is 8. The third kappa shape index (κ3) is 7.91. The molecule has 0 aliphatic rings. The molecular formula is C60H49N3O. The van der Waals surface area contributed by atoms with E-state index >= 15 is 0 Å². The van der Waals surface area contributed by atoms with E-state index in [4.69, 9.17) is 9.97 Å². The highest BCUT2D eigenvalue weighted by atomic mass is 16.3. The summed E-state index contributed by atoms with van der Waals surface area (Å²) in [6.45, 7) is 8.55. The van der Waals surface area contributed by atoms with Crippen molar-refractivity contribution in [1.29, 1.82) is 0 Å². The van der Waals surface area contributed by atoms with Crippen LogP contribution in [-0.2, 0) is 6.42 Å². The van der Waals surface area contributed by atoms with Crippen LogP contribution in [0, 0.1) is 19.8 Å². The molecule has 0 aliphatic carbocycles.